The highest BCUT2D eigenvalue weighted by atomic mass is 32.2. The van der Waals surface area contributed by atoms with Crippen LogP contribution in [0.5, 0.6) is 0 Å². The minimum absolute atomic E-state index is 0.482. The molecule has 60 valence electrons. The zero-order valence-corrected chi connectivity index (χ0v) is 7.12. The minimum Gasteiger partial charge on any atom is -0.232 e. The molecule has 6 heteroatoms. The Kier molecular flexibility index (Phi) is 1.83. The Hall–Kier alpha value is -1.30. The van der Waals surface area contributed by atoms with E-state index in [0.29, 0.717) is 16.5 Å². The Labute approximate surface area is 72.7 Å². The predicted molar refractivity (Wildman–Crippen MR) is 44.7 cm³/mol. The van der Waals surface area contributed by atoms with Crippen LogP contribution in [-0.2, 0) is 0 Å². The summed E-state index contributed by atoms with van der Waals surface area (Å²) in [6.45, 7) is 0. The summed E-state index contributed by atoms with van der Waals surface area (Å²) >= 11 is 1.43. The van der Waals surface area contributed by atoms with E-state index in [0.717, 1.165) is 0 Å². The highest BCUT2D eigenvalue weighted by molar-refractivity contribution is 7.98. The molecular weight excluding hydrogens is 174 g/mol. The summed E-state index contributed by atoms with van der Waals surface area (Å²) < 4.78 is 0. The summed E-state index contributed by atoms with van der Waals surface area (Å²) in [5, 5.41) is 8.28. The lowest BCUT2D eigenvalue weighted by Gasteiger charge is -1.93. The topological polar surface area (TPSA) is 64.5 Å². The average Bonchev–Trinajstić information content (AvgIpc) is 2.17. The maximum atomic E-state index is 4.11. The lowest BCUT2D eigenvalue weighted by atomic mass is 10.6. The highest BCUT2D eigenvalue weighted by Crippen LogP contribution is 2.08. The van der Waals surface area contributed by atoms with Crippen LogP contribution in [0, 0.1) is 0 Å². The SMILES string of the molecule is CSc1nnc2nccnc2n1. The van der Waals surface area contributed by atoms with Gasteiger partial charge in [-0.25, -0.2) is 9.97 Å². The van der Waals surface area contributed by atoms with E-state index in [4.69, 9.17) is 0 Å². The summed E-state index contributed by atoms with van der Waals surface area (Å²) in [6.07, 6.45) is 5.04. The molecule has 2 rings (SSSR count). The van der Waals surface area contributed by atoms with Crippen LogP contribution in [0.4, 0.5) is 0 Å². The van der Waals surface area contributed by atoms with E-state index in [9.17, 15) is 0 Å². The van der Waals surface area contributed by atoms with Gasteiger partial charge in [0.15, 0.2) is 0 Å². The van der Waals surface area contributed by atoms with Crippen LogP contribution >= 0.6 is 11.8 Å². The van der Waals surface area contributed by atoms with Crippen LogP contribution < -0.4 is 0 Å². The van der Waals surface area contributed by atoms with E-state index in [1.165, 1.54) is 11.8 Å². The second-order valence-corrected chi connectivity index (χ2v) is 2.78. The van der Waals surface area contributed by atoms with E-state index in [-0.39, 0.29) is 0 Å². The van der Waals surface area contributed by atoms with Gasteiger partial charge in [-0.2, -0.15) is 4.98 Å². The van der Waals surface area contributed by atoms with Crippen molar-refractivity contribution in [2.24, 2.45) is 0 Å². The molecule has 0 aliphatic carbocycles. The fraction of sp³-hybridized carbons (Fsp3) is 0.167. The van der Waals surface area contributed by atoms with E-state index in [2.05, 4.69) is 25.1 Å². The van der Waals surface area contributed by atoms with Crippen molar-refractivity contribution in [2.45, 2.75) is 5.16 Å². The third-order valence-electron chi connectivity index (χ3n) is 1.27. The number of hydrogen-bond donors (Lipinski definition) is 0. The minimum atomic E-state index is 0.482. The third-order valence-corrected chi connectivity index (χ3v) is 1.81. The first-order chi connectivity index (χ1) is 5.90. The lowest BCUT2D eigenvalue weighted by Crippen LogP contribution is -1.95. The number of thioether (sulfide) groups is 1. The number of fused-ring (bicyclic) bond motifs is 1. The summed E-state index contributed by atoms with van der Waals surface area (Å²) in [5.74, 6) is 0. The third kappa shape index (κ3) is 1.20. The molecule has 0 amide bonds. The number of aromatic nitrogens is 5. The number of nitrogens with zero attached hydrogens (tertiary/aromatic N) is 5. The number of rotatable bonds is 1. The van der Waals surface area contributed by atoms with Crippen molar-refractivity contribution in [2.75, 3.05) is 6.26 Å². The highest BCUT2D eigenvalue weighted by Gasteiger charge is 2.00. The average molecular weight is 179 g/mol. The van der Waals surface area contributed by atoms with Gasteiger partial charge in [-0.05, 0) is 6.26 Å². The molecule has 12 heavy (non-hydrogen) atoms. The van der Waals surface area contributed by atoms with Crippen molar-refractivity contribution in [3.8, 4) is 0 Å². The molecule has 0 atom stereocenters. The van der Waals surface area contributed by atoms with Gasteiger partial charge in [-0.1, -0.05) is 11.8 Å². The molecule has 0 N–H and O–H groups in total. The predicted octanol–water partition coefficient (Wildman–Crippen LogP) is 0.537. The summed E-state index contributed by atoms with van der Waals surface area (Å²) in [6, 6.07) is 0. The molecule has 0 aliphatic rings. The van der Waals surface area contributed by atoms with E-state index < -0.39 is 0 Å². The molecule has 0 spiro atoms. The standard InChI is InChI=1S/C6H5N5S/c1-12-6-9-4-5(10-11-6)8-3-2-7-4/h2-3H,1H3. The normalized spacial score (nSPS) is 10.4. The van der Waals surface area contributed by atoms with Gasteiger partial charge >= 0.3 is 0 Å². The molecule has 0 radical (unpaired) electrons. The van der Waals surface area contributed by atoms with Crippen molar-refractivity contribution in [3.63, 3.8) is 0 Å². The Morgan fingerprint density at radius 2 is 1.83 bits per heavy atom. The van der Waals surface area contributed by atoms with Gasteiger partial charge in [0.2, 0.25) is 16.5 Å². The quantitative estimate of drug-likeness (QED) is 0.595. The summed E-state index contributed by atoms with van der Waals surface area (Å²) in [5.41, 5.74) is 1.02. The fourth-order valence-corrected chi connectivity index (χ4v) is 1.06. The largest absolute Gasteiger partial charge is 0.232 e. The van der Waals surface area contributed by atoms with Crippen LogP contribution in [0.25, 0.3) is 11.3 Å². The molecule has 2 heterocycles. The molecule has 2 aromatic heterocycles. The van der Waals surface area contributed by atoms with Crippen molar-refractivity contribution in [1.29, 1.82) is 0 Å². The van der Waals surface area contributed by atoms with Crippen molar-refractivity contribution < 1.29 is 0 Å². The molecule has 0 aromatic carbocycles. The second-order valence-electron chi connectivity index (χ2n) is 2.00. The molecule has 0 saturated heterocycles. The van der Waals surface area contributed by atoms with Crippen molar-refractivity contribution >= 4 is 23.1 Å². The van der Waals surface area contributed by atoms with Crippen LogP contribution in [0.15, 0.2) is 17.6 Å². The summed E-state index contributed by atoms with van der Waals surface area (Å²) in [4.78, 5) is 12.1. The second kappa shape index (κ2) is 2.98. The smallest absolute Gasteiger partial charge is 0.219 e. The summed E-state index contributed by atoms with van der Waals surface area (Å²) in [7, 11) is 0. The van der Waals surface area contributed by atoms with Crippen LogP contribution in [0.3, 0.4) is 0 Å². The Morgan fingerprint density at radius 3 is 2.58 bits per heavy atom. The van der Waals surface area contributed by atoms with Gasteiger partial charge < -0.3 is 0 Å². The maximum Gasteiger partial charge on any atom is 0.219 e. The zero-order valence-electron chi connectivity index (χ0n) is 6.30. The van der Waals surface area contributed by atoms with Crippen molar-refractivity contribution in [1.82, 2.24) is 25.1 Å². The van der Waals surface area contributed by atoms with Gasteiger partial charge in [0.25, 0.3) is 0 Å². The van der Waals surface area contributed by atoms with E-state index in [1.807, 2.05) is 6.26 Å². The number of hydrogen-bond acceptors (Lipinski definition) is 6. The molecule has 0 saturated carbocycles. The van der Waals surface area contributed by atoms with Crippen LogP contribution in [0.2, 0.25) is 0 Å². The Balaban J connectivity index is 2.67. The van der Waals surface area contributed by atoms with E-state index >= 15 is 0 Å². The van der Waals surface area contributed by atoms with Gasteiger partial charge in [0.1, 0.15) is 0 Å². The van der Waals surface area contributed by atoms with Gasteiger partial charge in [-0.3, -0.25) is 0 Å². The maximum absolute atomic E-state index is 4.11. The van der Waals surface area contributed by atoms with Gasteiger partial charge in [0.05, 0.1) is 0 Å². The van der Waals surface area contributed by atoms with Crippen LogP contribution in [0.1, 0.15) is 0 Å². The molecule has 2 aromatic rings. The Bertz CT molecular complexity index is 404. The fourth-order valence-electron chi connectivity index (χ4n) is 0.762. The van der Waals surface area contributed by atoms with Gasteiger partial charge in [0, 0.05) is 12.4 Å². The van der Waals surface area contributed by atoms with Gasteiger partial charge in [-0.15, -0.1) is 10.2 Å². The van der Waals surface area contributed by atoms with E-state index in [1.54, 1.807) is 12.4 Å². The molecule has 0 bridgehead atoms. The first kappa shape index (κ1) is 7.35. The first-order valence-electron chi connectivity index (χ1n) is 3.25. The first-order valence-corrected chi connectivity index (χ1v) is 4.48. The molecule has 0 fully saturated rings. The Morgan fingerprint density at radius 1 is 1.08 bits per heavy atom. The zero-order chi connectivity index (χ0) is 8.39. The molecule has 0 aliphatic heterocycles. The molecule has 0 unspecified atom stereocenters. The lowest BCUT2D eigenvalue weighted by molar-refractivity contribution is 0.862. The van der Waals surface area contributed by atoms with Crippen molar-refractivity contribution in [3.05, 3.63) is 12.4 Å². The molecule has 5 nitrogen and oxygen atoms in total. The monoisotopic (exact) mass is 179 g/mol. The van der Waals surface area contributed by atoms with Crippen LogP contribution in [-0.4, -0.2) is 31.4 Å². The molecular formula is C6H5N5S.